The highest BCUT2D eigenvalue weighted by molar-refractivity contribution is 7.21. The van der Waals surface area contributed by atoms with Crippen molar-refractivity contribution in [1.82, 2.24) is 15.0 Å². The molecule has 5 N–H and O–H groups in total. The van der Waals surface area contributed by atoms with Gasteiger partial charge in [-0.25, -0.2) is 9.97 Å². The zero-order valence-electron chi connectivity index (χ0n) is 22.4. The molecule has 1 fully saturated rings. The number of para-hydroxylation sites is 1. The minimum atomic E-state index is -1.06. The Kier molecular flexibility index (Phi) is 7.80. The monoisotopic (exact) mass is 569 g/mol. The Morgan fingerprint density at radius 1 is 0.927 bits per heavy atom. The maximum atomic E-state index is 10.7. The third-order valence-electron chi connectivity index (χ3n) is 7.29. The van der Waals surface area contributed by atoms with E-state index < -0.39 is 24.2 Å². The minimum Gasteiger partial charge on any atom is -0.489 e. The number of nitrogens with zero attached hydrogens (tertiary/aromatic N) is 3. The molecule has 4 atom stereocenters. The number of hydrogen-bond acceptors (Lipinski definition) is 10. The Balaban J connectivity index is 1.31. The molecule has 3 aromatic carbocycles. The maximum absolute atomic E-state index is 10.7. The van der Waals surface area contributed by atoms with Gasteiger partial charge in [0.15, 0.2) is 0 Å². The number of aromatic nitrogens is 3. The quantitative estimate of drug-likeness (QED) is 0.168. The molecular formula is C31H31N5O4S. The molecule has 0 bridgehead atoms. The molecule has 41 heavy (non-hydrogen) atoms. The van der Waals surface area contributed by atoms with Gasteiger partial charge in [0.25, 0.3) is 0 Å². The molecule has 0 unspecified atom stereocenters. The van der Waals surface area contributed by atoms with Crippen LogP contribution in [-0.4, -0.2) is 55.1 Å². The Morgan fingerprint density at radius 2 is 1.73 bits per heavy atom. The first-order chi connectivity index (χ1) is 20.0. The van der Waals surface area contributed by atoms with E-state index in [1.54, 1.807) is 0 Å². The first-order valence-corrected chi connectivity index (χ1v) is 14.3. The van der Waals surface area contributed by atoms with Crippen molar-refractivity contribution in [3.63, 3.8) is 0 Å². The van der Waals surface area contributed by atoms with E-state index in [9.17, 15) is 15.3 Å². The summed E-state index contributed by atoms with van der Waals surface area (Å²) in [6, 6.07) is 25.0. The van der Waals surface area contributed by atoms with Crippen LogP contribution in [0.25, 0.3) is 20.8 Å². The molecule has 1 aliphatic carbocycles. The molecule has 5 aromatic rings. The lowest BCUT2D eigenvalue weighted by molar-refractivity contribution is 0.00446. The van der Waals surface area contributed by atoms with Crippen molar-refractivity contribution in [2.24, 2.45) is 5.92 Å². The molecule has 1 aliphatic rings. The average Bonchev–Trinajstić information content (AvgIpc) is 3.53. The van der Waals surface area contributed by atoms with Gasteiger partial charge in [-0.15, -0.1) is 11.3 Å². The van der Waals surface area contributed by atoms with Crippen LogP contribution in [0.4, 0.5) is 17.5 Å². The Bertz CT molecular complexity index is 1610. The van der Waals surface area contributed by atoms with E-state index in [1.165, 1.54) is 11.3 Å². The van der Waals surface area contributed by atoms with Crippen molar-refractivity contribution in [3.05, 3.63) is 90.1 Å². The van der Waals surface area contributed by atoms with E-state index in [2.05, 4.69) is 10.6 Å². The van der Waals surface area contributed by atoms with Crippen molar-refractivity contribution in [2.75, 3.05) is 17.2 Å². The van der Waals surface area contributed by atoms with Crippen molar-refractivity contribution in [2.45, 2.75) is 38.2 Å². The van der Waals surface area contributed by atoms with E-state index in [1.807, 2.05) is 85.8 Å². The Labute approximate surface area is 241 Å². The van der Waals surface area contributed by atoms with Crippen LogP contribution in [0.15, 0.2) is 78.9 Å². The molecule has 6 rings (SSSR count). The van der Waals surface area contributed by atoms with Crippen LogP contribution in [-0.2, 0) is 6.61 Å². The highest BCUT2D eigenvalue weighted by atomic mass is 32.1. The largest absolute Gasteiger partial charge is 0.489 e. The third-order valence-corrected chi connectivity index (χ3v) is 8.35. The number of aliphatic hydroxyl groups excluding tert-OH is 3. The second kappa shape index (κ2) is 11.8. The normalized spacial score (nSPS) is 20.3. The van der Waals surface area contributed by atoms with E-state index >= 15 is 0 Å². The summed E-state index contributed by atoms with van der Waals surface area (Å²) in [4.78, 5) is 14.4. The molecule has 210 valence electrons. The number of ether oxygens (including phenoxy) is 1. The Morgan fingerprint density at radius 3 is 2.51 bits per heavy atom. The molecule has 9 nitrogen and oxygen atoms in total. The average molecular weight is 570 g/mol. The van der Waals surface area contributed by atoms with Gasteiger partial charge < -0.3 is 30.7 Å². The number of benzene rings is 3. The smallest absolute Gasteiger partial charge is 0.229 e. The van der Waals surface area contributed by atoms with Crippen LogP contribution in [0.5, 0.6) is 5.75 Å². The van der Waals surface area contributed by atoms with Crippen molar-refractivity contribution in [3.8, 4) is 16.3 Å². The molecule has 0 spiro atoms. The number of rotatable bonds is 9. The number of thiazole rings is 1. The summed E-state index contributed by atoms with van der Waals surface area (Å²) in [5.41, 5.74) is 4.14. The van der Waals surface area contributed by atoms with Crippen LogP contribution in [0.2, 0.25) is 0 Å². The van der Waals surface area contributed by atoms with Gasteiger partial charge in [0.05, 0.1) is 33.6 Å². The summed E-state index contributed by atoms with van der Waals surface area (Å²) >= 11 is 1.54. The van der Waals surface area contributed by atoms with E-state index in [0.29, 0.717) is 36.2 Å². The van der Waals surface area contributed by atoms with Crippen molar-refractivity contribution in [1.29, 1.82) is 0 Å². The second-order valence-electron chi connectivity index (χ2n) is 10.2. The fourth-order valence-electron chi connectivity index (χ4n) is 5.13. The SMILES string of the molecule is Cc1nc(Nc2cccc(OCc3ccccc3)c2)nc(N[C@@H]2C[C@H](CO)[C@@H](O)[C@H]2O)c1-c1nc2ccccc2s1. The van der Waals surface area contributed by atoms with Gasteiger partial charge in [0.1, 0.15) is 29.3 Å². The van der Waals surface area contributed by atoms with Gasteiger partial charge in [-0.2, -0.15) is 4.98 Å². The molecule has 0 saturated heterocycles. The van der Waals surface area contributed by atoms with Crippen molar-refractivity contribution < 1.29 is 20.1 Å². The maximum Gasteiger partial charge on any atom is 0.229 e. The van der Waals surface area contributed by atoms with E-state index in [0.717, 1.165) is 32.0 Å². The summed E-state index contributed by atoms with van der Waals surface area (Å²) in [6.45, 7) is 2.14. The fourth-order valence-corrected chi connectivity index (χ4v) is 6.19. The summed E-state index contributed by atoms with van der Waals surface area (Å²) < 4.78 is 7.02. The topological polar surface area (TPSA) is 133 Å². The first kappa shape index (κ1) is 27.1. The fraction of sp³-hybridized carbons (Fsp3) is 0.258. The molecule has 10 heteroatoms. The zero-order valence-corrected chi connectivity index (χ0v) is 23.3. The molecule has 0 radical (unpaired) electrons. The molecule has 2 aromatic heterocycles. The summed E-state index contributed by atoms with van der Waals surface area (Å²) in [5.74, 6) is 1.14. The number of aliphatic hydroxyl groups is 3. The molecule has 0 aliphatic heterocycles. The van der Waals surface area contributed by atoms with E-state index in [4.69, 9.17) is 19.7 Å². The predicted octanol–water partition coefficient (Wildman–Crippen LogP) is 4.90. The number of aryl methyl sites for hydroxylation is 1. The third kappa shape index (κ3) is 5.86. The lowest BCUT2D eigenvalue weighted by atomic mass is 10.1. The van der Waals surface area contributed by atoms with Crippen LogP contribution in [0, 0.1) is 12.8 Å². The zero-order chi connectivity index (χ0) is 28.3. The molecule has 1 saturated carbocycles. The summed E-state index contributed by atoms with van der Waals surface area (Å²) in [5, 5.41) is 38.2. The number of hydrogen-bond donors (Lipinski definition) is 5. The second-order valence-corrected chi connectivity index (χ2v) is 11.2. The van der Waals surface area contributed by atoms with Crippen LogP contribution >= 0.6 is 11.3 Å². The minimum absolute atomic E-state index is 0.209. The van der Waals surface area contributed by atoms with Crippen LogP contribution in [0.1, 0.15) is 17.7 Å². The van der Waals surface area contributed by atoms with Crippen LogP contribution < -0.4 is 15.4 Å². The molecule has 2 heterocycles. The van der Waals surface area contributed by atoms with Gasteiger partial charge in [-0.05, 0) is 43.2 Å². The lowest BCUT2D eigenvalue weighted by Gasteiger charge is -2.21. The highest BCUT2D eigenvalue weighted by Crippen LogP contribution is 2.38. The molecular weight excluding hydrogens is 538 g/mol. The van der Waals surface area contributed by atoms with E-state index in [-0.39, 0.29) is 6.61 Å². The van der Waals surface area contributed by atoms with Gasteiger partial charge >= 0.3 is 0 Å². The van der Waals surface area contributed by atoms with Gasteiger partial charge in [0.2, 0.25) is 5.95 Å². The van der Waals surface area contributed by atoms with Gasteiger partial charge in [-0.1, -0.05) is 48.5 Å². The lowest BCUT2D eigenvalue weighted by Crippen LogP contribution is -2.35. The van der Waals surface area contributed by atoms with Gasteiger partial charge in [0, 0.05) is 24.3 Å². The highest BCUT2D eigenvalue weighted by Gasteiger charge is 2.41. The standard InChI is InChI=1S/C31H31N5O4S/c1-18-26(30-35-23-12-5-6-13-25(23)41-30)29(34-24-14-20(16-37)27(38)28(24)39)36-31(32-18)33-21-10-7-11-22(15-21)40-17-19-8-3-2-4-9-19/h2-13,15,20,24,27-28,37-39H,14,16-17H2,1H3,(H2,32,33,34,36)/t20-,24-,27-,28+/m1/s1. The number of fused-ring (bicyclic) bond motifs is 1. The van der Waals surface area contributed by atoms with Gasteiger partial charge in [-0.3, -0.25) is 0 Å². The molecule has 0 amide bonds. The number of nitrogens with one attached hydrogen (secondary N) is 2. The summed E-state index contributed by atoms with van der Waals surface area (Å²) in [7, 11) is 0. The summed E-state index contributed by atoms with van der Waals surface area (Å²) in [6.07, 6.45) is -1.69. The van der Waals surface area contributed by atoms with Crippen LogP contribution in [0.3, 0.4) is 0 Å². The predicted molar refractivity (Wildman–Crippen MR) is 160 cm³/mol. The first-order valence-electron chi connectivity index (χ1n) is 13.5. The number of anilines is 3. The van der Waals surface area contributed by atoms with Crippen molar-refractivity contribution >= 4 is 39.0 Å². The Hall–Kier alpha value is -4.09.